The van der Waals surface area contributed by atoms with E-state index in [4.69, 9.17) is 4.42 Å². The van der Waals surface area contributed by atoms with E-state index >= 15 is 0 Å². The number of hydrogen-bond acceptors (Lipinski definition) is 4. The number of esters is 1. The monoisotopic (exact) mass is 280 g/mol. The minimum Gasteiger partial charge on any atom is -0.463 e. The van der Waals surface area contributed by atoms with Crippen molar-refractivity contribution in [2.24, 2.45) is 0 Å². The molecular weight excluding hydrogens is 263 g/mol. The maximum atomic E-state index is 13.3. The minimum atomic E-state index is -0.771. The van der Waals surface area contributed by atoms with Crippen LogP contribution >= 0.6 is 0 Å². The van der Waals surface area contributed by atoms with Crippen LogP contribution in [0.25, 0.3) is 11.0 Å². The van der Waals surface area contributed by atoms with E-state index < -0.39 is 17.2 Å². The van der Waals surface area contributed by atoms with Gasteiger partial charge in [0, 0.05) is 11.6 Å². The van der Waals surface area contributed by atoms with Gasteiger partial charge in [0.15, 0.2) is 5.43 Å². The Morgan fingerprint density at radius 3 is 2.50 bits per heavy atom. The first-order valence-electron chi connectivity index (χ1n) is 6.27. The van der Waals surface area contributed by atoms with E-state index in [9.17, 15) is 14.0 Å². The summed E-state index contributed by atoms with van der Waals surface area (Å²) in [5.41, 5.74) is -0.155. The van der Waals surface area contributed by atoms with Crippen LogP contribution in [-0.4, -0.2) is 13.1 Å². The molecule has 4 nitrogen and oxygen atoms in total. The molecule has 0 radical (unpaired) electrons. The van der Waals surface area contributed by atoms with Crippen LogP contribution < -0.4 is 5.43 Å². The van der Waals surface area contributed by atoms with Gasteiger partial charge in [-0.2, -0.15) is 0 Å². The first-order chi connectivity index (χ1) is 9.46. The van der Waals surface area contributed by atoms with Crippen molar-refractivity contribution >= 4 is 16.9 Å². The highest BCUT2D eigenvalue weighted by Crippen LogP contribution is 2.19. The first kappa shape index (κ1) is 15.9. The summed E-state index contributed by atoms with van der Waals surface area (Å²) in [4.78, 5) is 23.0. The summed E-state index contributed by atoms with van der Waals surface area (Å²) < 4.78 is 23.0. The number of fused-ring (bicyclic) bond motifs is 1. The van der Waals surface area contributed by atoms with Gasteiger partial charge in [0.2, 0.25) is 5.76 Å². The second-order valence-corrected chi connectivity index (χ2v) is 4.22. The smallest absolute Gasteiger partial charge is 0.374 e. The van der Waals surface area contributed by atoms with Gasteiger partial charge in [-0.15, -0.1) is 0 Å². The van der Waals surface area contributed by atoms with Crippen molar-refractivity contribution < 1.29 is 18.3 Å². The molecule has 5 heteroatoms. The normalized spacial score (nSPS) is 9.85. The number of carbonyl (C=O) groups is 1. The van der Waals surface area contributed by atoms with E-state index in [0.717, 1.165) is 6.07 Å². The number of hydrogen-bond donors (Lipinski definition) is 0. The van der Waals surface area contributed by atoms with Gasteiger partial charge in [-0.05, 0) is 19.1 Å². The summed E-state index contributed by atoms with van der Waals surface area (Å²) in [5, 5.41) is 0.233. The molecule has 0 atom stereocenters. The number of methoxy groups -OCH3 is 1. The van der Waals surface area contributed by atoms with Crippen LogP contribution in [0.5, 0.6) is 0 Å². The van der Waals surface area contributed by atoms with Gasteiger partial charge in [-0.25, -0.2) is 9.18 Å². The minimum absolute atomic E-state index is 0.0675. The van der Waals surface area contributed by atoms with E-state index in [-0.39, 0.29) is 22.3 Å². The van der Waals surface area contributed by atoms with Crippen LogP contribution in [-0.2, 0) is 4.74 Å². The highest BCUT2D eigenvalue weighted by molar-refractivity contribution is 5.89. The molecule has 1 heterocycles. The predicted molar refractivity (Wildman–Crippen MR) is 74.5 cm³/mol. The zero-order chi connectivity index (χ0) is 15.3. The molecule has 108 valence electrons. The fourth-order valence-corrected chi connectivity index (χ4v) is 1.53. The van der Waals surface area contributed by atoms with Crippen molar-refractivity contribution in [1.82, 2.24) is 0 Å². The van der Waals surface area contributed by atoms with Crippen molar-refractivity contribution in [3.8, 4) is 0 Å². The van der Waals surface area contributed by atoms with Crippen molar-refractivity contribution in [1.29, 1.82) is 0 Å². The van der Waals surface area contributed by atoms with Gasteiger partial charge >= 0.3 is 5.97 Å². The Morgan fingerprint density at radius 2 is 1.95 bits per heavy atom. The van der Waals surface area contributed by atoms with E-state index in [1.165, 1.54) is 32.6 Å². The lowest BCUT2D eigenvalue weighted by atomic mass is 10.1. The summed E-state index contributed by atoms with van der Waals surface area (Å²) >= 11 is 0. The van der Waals surface area contributed by atoms with E-state index in [1.54, 1.807) is 0 Å². The Kier molecular flexibility index (Phi) is 5.43. The molecule has 0 aliphatic heterocycles. The van der Waals surface area contributed by atoms with Crippen LogP contribution in [0.4, 0.5) is 4.39 Å². The molecule has 0 fully saturated rings. The third-order valence-corrected chi connectivity index (χ3v) is 2.47. The summed E-state index contributed by atoms with van der Waals surface area (Å²) in [6, 6.07) is 3.54. The van der Waals surface area contributed by atoms with Crippen molar-refractivity contribution in [2.45, 2.75) is 27.2 Å². The Hall–Kier alpha value is -2.17. The van der Waals surface area contributed by atoms with Gasteiger partial charge in [-0.3, -0.25) is 4.79 Å². The average Bonchev–Trinajstić information content (AvgIpc) is 2.43. The molecule has 0 spiro atoms. The molecule has 1 aromatic carbocycles. The molecule has 2 aromatic rings. The largest absolute Gasteiger partial charge is 0.463 e. The molecular formula is C15H17FO4. The van der Waals surface area contributed by atoms with Crippen LogP contribution in [0.3, 0.4) is 0 Å². The molecule has 0 aliphatic rings. The van der Waals surface area contributed by atoms with Gasteiger partial charge in [0.1, 0.15) is 11.4 Å². The SMILES string of the molecule is CCC.COC(=O)c1cc(=O)c2ccc(F)c(C)c2o1. The third kappa shape index (κ3) is 3.23. The van der Waals surface area contributed by atoms with Crippen LogP contribution in [0.2, 0.25) is 0 Å². The van der Waals surface area contributed by atoms with Crippen molar-refractivity contribution in [3.63, 3.8) is 0 Å². The number of aryl methyl sites for hydroxylation is 1. The van der Waals surface area contributed by atoms with Crippen LogP contribution in [0.15, 0.2) is 27.4 Å². The van der Waals surface area contributed by atoms with Gasteiger partial charge in [0.25, 0.3) is 0 Å². The second-order valence-electron chi connectivity index (χ2n) is 4.22. The fourth-order valence-electron chi connectivity index (χ4n) is 1.53. The van der Waals surface area contributed by atoms with Crippen molar-refractivity contribution in [3.05, 3.63) is 45.6 Å². The molecule has 0 aliphatic carbocycles. The Morgan fingerprint density at radius 1 is 1.35 bits per heavy atom. The highest BCUT2D eigenvalue weighted by atomic mass is 19.1. The molecule has 20 heavy (non-hydrogen) atoms. The number of carbonyl (C=O) groups excluding carboxylic acids is 1. The molecule has 0 saturated carbocycles. The maximum Gasteiger partial charge on any atom is 0.374 e. The molecule has 1 aromatic heterocycles. The Balaban J connectivity index is 0.000000612. The van der Waals surface area contributed by atoms with Crippen molar-refractivity contribution in [2.75, 3.05) is 7.11 Å². The summed E-state index contributed by atoms with van der Waals surface area (Å²) in [6.45, 7) is 5.72. The Labute approximate surface area is 116 Å². The lowest BCUT2D eigenvalue weighted by molar-refractivity contribution is 0.0565. The molecule has 0 N–H and O–H groups in total. The maximum absolute atomic E-state index is 13.3. The van der Waals surface area contributed by atoms with E-state index in [0.29, 0.717) is 0 Å². The number of benzene rings is 1. The zero-order valence-electron chi connectivity index (χ0n) is 12.0. The lowest BCUT2D eigenvalue weighted by Gasteiger charge is -2.04. The standard InChI is InChI=1S/C12H9FO4.C3H8/c1-6-8(13)4-3-7-9(14)5-10(12(15)16-2)17-11(6)7;1-3-2/h3-5H,1-2H3;3H2,1-2H3. The predicted octanol–water partition coefficient (Wildman–Crippen LogP) is 3.44. The van der Waals surface area contributed by atoms with Gasteiger partial charge < -0.3 is 9.15 Å². The Bertz CT molecular complexity index is 673. The average molecular weight is 280 g/mol. The van der Waals surface area contributed by atoms with Gasteiger partial charge in [0.05, 0.1) is 12.5 Å². The van der Waals surface area contributed by atoms with E-state index in [2.05, 4.69) is 18.6 Å². The van der Waals surface area contributed by atoms with Crippen LogP contribution in [0.1, 0.15) is 36.4 Å². The molecule has 0 unspecified atom stereocenters. The third-order valence-electron chi connectivity index (χ3n) is 2.47. The number of ether oxygens (including phenoxy) is 1. The molecule has 2 rings (SSSR count). The number of rotatable bonds is 1. The summed E-state index contributed by atoms with van der Waals surface area (Å²) in [6.07, 6.45) is 1.25. The van der Waals surface area contributed by atoms with Crippen LogP contribution in [0, 0.1) is 12.7 Å². The fraction of sp³-hybridized carbons (Fsp3) is 0.333. The highest BCUT2D eigenvalue weighted by Gasteiger charge is 2.15. The van der Waals surface area contributed by atoms with Gasteiger partial charge in [-0.1, -0.05) is 20.3 Å². The quantitative estimate of drug-likeness (QED) is 0.751. The zero-order valence-corrected chi connectivity index (χ0v) is 12.0. The summed E-state index contributed by atoms with van der Waals surface area (Å²) in [7, 11) is 1.17. The topological polar surface area (TPSA) is 56.5 Å². The molecule has 0 amide bonds. The van der Waals surface area contributed by atoms with E-state index in [1.807, 2.05) is 0 Å². The molecule has 0 saturated heterocycles. The lowest BCUT2D eigenvalue weighted by Crippen LogP contribution is -2.09. The second kappa shape index (κ2) is 6.84. The molecule has 0 bridgehead atoms. The summed E-state index contributed by atoms with van der Waals surface area (Å²) in [5.74, 6) is -1.51. The number of halogens is 1. The first-order valence-corrected chi connectivity index (χ1v) is 6.27.